The zero-order valence-corrected chi connectivity index (χ0v) is 10.8. The van der Waals surface area contributed by atoms with E-state index in [9.17, 15) is 4.79 Å². The smallest absolute Gasteiger partial charge is 0.271 e. The maximum atomic E-state index is 11.7. The predicted octanol–water partition coefficient (Wildman–Crippen LogP) is 0.947. The summed E-state index contributed by atoms with van der Waals surface area (Å²) < 4.78 is 0. The maximum absolute atomic E-state index is 11.7. The van der Waals surface area contributed by atoms with E-state index in [4.69, 9.17) is 0 Å². The first kappa shape index (κ1) is 11.1. The van der Waals surface area contributed by atoms with Crippen LogP contribution in [-0.4, -0.2) is 32.0 Å². The second-order valence-corrected chi connectivity index (χ2v) is 4.84. The average molecular weight is 244 g/mol. The number of nitrogens with one attached hydrogen (secondary N) is 1. The fourth-order valence-electron chi connectivity index (χ4n) is 2.55. The van der Waals surface area contributed by atoms with Gasteiger partial charge in [0, 0.05) is 31.9 Å². The molecule has 1 unspecified atom stereocenters. The van der Waals surface area contributed by atoms with Gasteiger partial charge in [0.25, 0.3) is 5.91 Å². The third-order valence-corrected chi connectivity index (χ3v) is 3.48. The number of hydrogen-bond donors (Lipinski definition) is 1. The van der Waals surface area contributed by atoms with Crippen LogP contribution in [0.2, 0.25) is 0 Å². The van der Waals surface area contributed by atoms with Crippen LogP contribution in [0.4, 0.5) is 11.4 Å². The molecule has 2 aliphatic rings. The summed E-state index contributed by atoms with van der Waals surface area (Å²) in [5.41, 5.74) is 3.46. The number of hydrogen-bond acceptors (Lipinski definition) is 4. The van der Waals surface area contributed by atoms with Gasteiger partial charge in [0.15, 0.2) is 0 Å². The van der Waals surface area contributed by atoms with Gasteiger partial charge in [-0.1, -0.05) is 6.07 Å². The molecule has 94 valence electrons. The molecule has 3 rings (SSSR count). The minimum Gasteiger partial charge on any atom is -0.377 e. The Kier molecular flexibility index (Phi) is 2.29. The molecule has 1 atom stereocenters. The lowest BCUT2D eigenvalue weighted by atomic mass is 10.1. The molecule has 5 heteroatoms. The van der Waals surface area contributed by atoms with Crippen LogP contribution in [0.25, 0.3) is 0 Å². The SMILES string of the molecule is CC1C(=O)N=C2NCc3c(N(C)C)cccc3N21. The number of fused-ring (bicyclic) bond motifs is 3. The van der Waals surface area contributed by atoms with Crippen molar-refractivity contribution >= 4 is 23.2 Å². The Morgan fingerprint density at radius 2 is 2.22 bits per heavy atom. The Labute approximate surface area is 106 Å². The van der Waals surface area contributed by atoms with Crippen molar-refractivity contribution in [1.29, 1.82) is 0 Å². The second kappa shape index (κ2) is 3.73. The molecular formula is C13H16N4O. The monoisotopic (exact) mass is 244 g/mol. The lowest BCUT2D eigenvalue weighted by molar-refractivity contribution is -0.117. The number of carbonyl (C=O) groups excluding carboxylic acids is 1. The van der Waals surface area contributed by atoms with Gasteiger partial charge in [0.1, 0.15) is 6.04 Å². The minimum absolute atomic E-state index is 0.0828. The van der Waals surface area contributed by atoms with Gasteiger partial charge in [-0.05, 0) is 19.1 Å². The van der Waals surface area contributed by atoms with E-state index >= 15 is 0 Å². The first-order valence-corrected chi connectivity index (χ1v) is 6.04. The molecule has 0 aliphatic carbocycles. The van der Waals surface area contributed by atoms with E-state index in [1.54, 1.807) is 0 Å². The molecule has 5 nitrogen and oxygen atoms in total. The van der Waals surface area contributed by atoms with Crippen molar-refractivity contribution in [2.45, 2.75) is 19.5 Å². The lowest BCUT2D eigenvalue weighted by Gasteiger charge is -2.33. The Morgan fingerprint density at radius 1 is 1.44 bits per heavy atom. The van der Waals surface area contributed by atoms with Crippen LogP contribution < -0.4 is 15.1 Å². The molecule has 0 spiro atoms. The summed E-state index contributed by atoms with van der Waals surface area (Å²) >= 11 is 0. The molecule has 2 aliphatic heterocycles. The summed E-state index contributed by atoms with van der Waals surface area (Å²) in [4.78, 5) is 19.8. The normalized spacial score (nSPS) is 21.1. The van der Waals surface area contributed by atoms with Crippen LogP contribution >= 0.6 is 0 Å². The number of nitrogens with zero attached hydrogens (tertiary/aromatic N) is 3. The van der Waals surface area contributed by atoms with E-state index in [1.165, 1.54) is 11.3 Å². The second-order valence-electron chi connectivity index (χ2n) is 4.84. The Balaban J connectivity index is 2.14. The third kappa shape index (κ3) is 1.40. The van der Waals surface area contributed by atoms with Crippen LogP contribution in [0.1, 0.15) is 12.5 Å². The summed E-state index contributed by atoms with van der Waals surface area (Å²) in [7, 11) is 4.05. The van der Waals surface area contributed by atoms with E-state index in [0.717, 1.165) is 5.69 Å². The minimum atomic E-state index is -0.219. The van der Waals surface area contributed by atoms with Crippen molar-refractivity contribution in [2.24, 2.45) is 4.99 Å². The summed E-state index contributed by atoms with van der Waals surface area (Å²) in [6.07, 6.45) is 0. The van der Waals surface area contributed by atoms with Crippen LogP contribution in [-0.2, 0) is 11.3 Å². The molecule has 1 N–H and O–H groups in total. The highest BCUT2D eigenvalue weighted by Gasteiger charge is 2.36. The molecule has 0 bridgehead atoms. The molecule has 1 aromatic carbocycles. The number of anilines is 2. The highest BCUT2D eigenvalue weighted by molar-refractivity contribution is 6.14. The van der Waals surface area contributed by atoms with Gasteiger partial charge < -0.3 is 10.2 Å². The molecule has 0 aromatic heterocycles. The van der Waals surface area contributed by atoms with E-state index < -0.39 is 0 Å². The predicted molar refractivity (Wildman–Crippen MR) is 72.0 cm³/mol. The summed E-state index contributed by atoms with van der Waals surface area (Å²) in [6, 6.07) is 5.94. The largest absolute Gasteiger partial charge is 0.377 e. The van der Waals surface area contributed by atoms with Crippen LogP contribution in [0.15, 0.2) is 23.2 Å². The molecule has 0 radical (unpaired) electrons. The quantitative estimate of drug-likeness (QED) is 0.799. The van der Waals surface area contributed by atoms with Gasteiger partial charge in [0.2, 0.25) is 5.96 Å². The number of carbonyl (C=O) groups is 1. The van der Waals surface area contributed by atoms with Crippen molar-refractivity contribution in [3.05, 3.63) is 23.8 Å². The Morgan fingerprint density at radius 3 is 2.94 bits per heavy atom. The van der Waals surface area contributed by atoms with Gasteiger partial charge in [-0.3, -0.25) is 9.69 Å². The number of aliphatic imine (C=N–C) groups is 1. The Bertz CT molecular complexity index is 550. The average Bonchev–Trinajstić information content (AvgIpc) is 2.64. The van der Waals surface area contributed by atoms with Gasteiger partial charge in [-0.25, -0.2) is 0 Å². The summed E-state index contributed by atoms with van der Waals surface area (Å²) in [5, 5.41) is 3.22. The fourth-order valence-corrected chi connectivity index (χ4v) is 2.55. The van der Waals surface area contributed by atoms with Crippen LogP contribution in [0, 0.1) is 0 Å². The van der Waals surface area contributed by atoms with Crippen molar-refractivity contribution in [1.82, 2.24) is 5.32 Å². The van der Waals surface area contributed by atoms with E-state index in [2.05, 4.69) is 21.3 Å². The van der Waals surface area contributed by atoms with Crippen LogP contribution in [0.5, 0.6) is 0 Å². The zero-order valence-electron chi connectivity index (χ0n) is 10.8. The molecule has 0 saturated heterocycles. The zero-order chi connectivity index (χ0) is 12.9. The molecular weight excluding hydrogens is 228 g/mol. The highest BCUT2D eigenvalue weighted by Crippen LogP contribution is 2.34. The topological polar surface area (TPSA) is 47.9 Å². The number of benzene rings is 1. The first-order chi connectivity index (χ1) is 8.59. The molecule has 1 amide bonds. The standard InChI is InChI=1S/C13H16N4O/c1-8-12(18)15-13-14-7-9-10(16(2)3)5-4-6-11(9)17(8)13/h4-6,8H,7H2,1-3H3,(H,14,15,18). The van der Waals surface area contributed by atoms with Crippen molar-refractivity contribution in [3.8, 4) is 0 Å². The molecule has 0 saturated carbocycles. The third-order valence-electron chi connectivity index (χ3n) is 3.48. The van der Waals surface area contributed by atoms with Gasteiger partial charge in [-0.15, -0.1) is 0 Å². The number of amides is 1. The van der Waals surface area contributed by atoms with Crippen molar-refractivity contribution in [3.63, 3.8) is 0 Å². The fraction of sp³-hybridized carbons (Fsp3) is 0.385. The lowest BCUT2D eigenvalue weighted by Crippen LogP contribution is -2.47. The maximum Gasteiger partial charge on any atom is 0.271 e. The van der Waals surface area contributed by atoms with E-state index in [-0.39, 0.29) is 11.9 Å². The van der Waals surface area contributed by atoms with Crippen molar-refractivity contribution < 1.29 is 4.79 Å². The summed E-state index contributed by atoms with van der Waals surface area (Å²) in [6.45, 7) is 2.59. The first-order valence-electron chi connectivity index (χ1n) is 6.04. The highest BCUT2D eigenvalue weighted by atomic mass is 16.2. The van der Waals surface area contributed by atoms with Gasteiger partial charge in [-0.2, -0.15) is 4.99 Å². The molecule has 18 heavy (non-hydrogen) atoms. The molecule has 1 aromatic rings. The number of rotatable bonds is 1. The van der Waals surface area contributed by atoms with E-state index in [1.807, 2.05) is 38.1 Å². The van der Waals surface area contributed by atoms with Gasteiger partial charge in [0.05, 0.1) is 5.69 Å². The molecule has 0 fully saturated rings. The number of guanidine groups is 1. The summed E-state index contributed by atoms with van der Waals surface area (Å²) in [5.74, 6) is 0.594. The molecule has 2 heterocycles. The van der Waals surface area contributed by atoms with Gasteiger partial charge >= 0.3 is 0 Å². The van der Waals surface area contributed by atoms with E-state index in [0.29, 0.717) is 12.5 Å². The van der Waals surface area contributed by atoms with Crippen LogP contribution in [0.3, 0.4) is 0 Å². The Hall–Kier alpha value is -2.04. The van der Waals surface area contributed by atoms with Crippen molar-refractivity contribution in [2.75, 3.05) is 23.9 Å².